The minimum atomic E-state index is -4.26. The SMILES string of the molecule is CCOc1ncc(C)cc1S(=O)(=O)N1C[C@H](CCC(=O)O)Oc2ccc(/C=C/c3c(Cl)cccc3C(F)F)cc21. The van der Waals surface area contributed by atoms with Crippen LogP contribution in [0.3, 0.4) is 0 Å². The van der Waals surface area contributed by atoms with Gasteiger partial charge in [0.25, 0.3) is 16.4 Å². The smallest absolute Gasteiger partial charge is 0.303 e. The number of rotatable bonds is 10. The lowest BCUT2D eigenvalue weighted by molar-refractivity contribution is -0.137. The highest BCUT2D eigenvalue weighted by Crippen LogP contribution is 2.40. The van der Waals surface area contributed by atoms with Crippen LogP contribution in [0.5, 0.6) is 11.6 Å². The second kappa shape index (κ2) is 12.2. The third-order valence-electron chi connectivity index (χ3n) is 6.16. The number of ether oxygens (including phenoxy) is 2. The van der Waals surface area contributed by atoms with Crippen LogP contribution in [0.15, 0.2) is 53.6 Å². The van der Waals surface area contributed by atoms with E-state index in [1.807, 2.05) is 0 Å². The molecule has 1 atom stereocenters. The number of anilines is 1. The standard InChI is InChI=1S/C28H27ClF2N2O6S/c1-3-38-28-25(13-17(2)15-32-28)40(36,37)33-16-19(9-12-26(34)35)39-24-11-8-18(14-23(24)33)7-10-20-21(27(30)31)5-4-6-22(20)29/h4-8,10-11,13-15,19,27H,3,9,12,16H2,1-2H3,(H,34,35)/b10-7+/t19-/m0/s1. The molecule has 0 spiro atoms. The first-order chi connectivity index (χ1) is 19.0. The van der Waals surface area contributed by atoms with Gasteiger partial charge in [0.15, 0.2) is 0 Å². The van der Waals surface area contributed by atoms with Crippen molar-refractivity contribution >= 4 is 45.4 Å². The summed E-state index contributed by atoms with van der Waals surface area (Å²) >= 11 is 6.18. The van der Waals surface area contributed by atoms with E-state index in [0.29, 0.717) is 11.1 Å². The highest BCUT2D eigenvalue weighted by atomic mass is 35.5. The summed E-state index contributed by atoms with van der Waals surface area (Å²) in [4.78, 5) is 15.2. The third kappa shape index (κ3) is 6.37. The predicted octanol–water partition coefficient (Wildman–Crippen LogP) is 6.37. The van der Waals surface area contributed by atoms with Crippen LogP contribution in [-0.2, 0) is 14.8 Å². The van der Waals surface area contributed by atoms with Gasteiger partial charge in [0.2, 0.25) is 5.88 Å². The van der Waals surface area contributed by atoms with Crippen molar-refractivity contribution in [1.29, 1.82) is 0 Å². The van der Waals surface area contributed by atoms with Crippen LogP contribution in [0.4, 0.5) is 14.5 Å². The molecule has 40 heavy (non-hydrogen) atoms. The van der Waals surface area contributed by atoms with Crippen molar-refractivity contribution in [1.82, 2.24) is 4.98 Å². The van der Waals surface area contributed by atoms with E-state index in [1.54, 1.807) is 38.1 Å². The molecule has 0 amide bonds. The lowest BCUT2D eigenvalue weighted by Gasteiger charge is -2.35. The van der Waals surface area contributed by atoms with Crippen molar-refractivity contribution in [3.05, 3.63) is 75.9 Å². The summed E-state index contributed by atoms with van der Waals surface area (Å²) < 4.78 is 67.8. The normalized spacial score (nSPS) is 15.2. The fourth-order valence-corrected chi connectivity index (χ4v) is 6.19. The Kier molecular flexibility index (Phi) is 8.95. The van der Waals surface area contributed by atoms with Gasteiger partial charge in [0.05, 0.1) is 18.8 Å². The molecular formula is C28H27ClF2N2O6S. The number of hydrogen-bond donors (Lipinski definition) is 1. The molecule has 4 rings (SSSR count). The van der Waals surface area contributed by atoms with Gasteiger partial charge in [-0.15, -0.1) is 0 Å². The van der Waals surface area contributed by atoms with Gasteiger partial charge >= 0.3 is 5.97 Å². The average molecular weight is 593 g/mol. The molecule has 0 bridgehead atoms. The third-order valence-corrected chi connectivity index (χ3v) is 8.27. The van der Waals surface area contributed by atoms with Crippen molar-refractivity contribution in [3.8, 4) is 11.6 Å². The van der Waals surface area contributed by atoms with Gasteiger partial charge in [-0.05, 0) is 55.7 Å². The number of carboxylic acid groups (broad SMARTS) is 1. The van der Waals surface area contributed by atoms with Crippen LogP contribution >= 0.6 is 11.6 Å². The molecule has 1 aliphatic heterocycles. The fourth-order valence-electron chi connectivity index (χ4n) is 4.27. The van der Waals surface area contributed by atoms with Crippen molar-refractivity contribution in [3.63, 3.8) is 0 Å². The highest BCUT2D eigenvalue weighted by molar-refractivity contribution is 7.93. The Hall–Kier alpha value is -3.70. The number of carboxylic acids is 1. The molecule has 0 saturated carbocycles. The summed E-state index contributed by atoms with van der Waals surface area (Å²) in [5, 5.41) is 9.30. The quantitative estimate of drug-likeness (QED) is 0.273. The number of aliphatic carboxylic acids is 1. The van der Waals surface area contributed by atoms with Gasteiger partial charge in [-0.2, -0.15) is 0 Å². The number of nitrogens with zero attached hydrogens (tertiary/aromatic N) is 2. The van der Waals surface area contributed by atoms with E-state index in [-0.39, 0.29) is 64.4 Å². The Morgan fingerprint density at radius 1 is 1.27 bits per heavy atom. The first-order valence-electron chi connectivity index (χ1n) is 12.4. The van der Waals surface area contributed by atoms with E-state index >= 15 is 0 Å². The molecule has 1 aliphatic rings. The number of sulfonamides is 1. The van der Waals surface area contributed by atoms with E-state index in [2.05, 4.69) is 4.98 Å². The van der Waals surface area contributed by atoms with Gasteiger partial charge in [0, 0.05) is 28.8 Å². The number of aryl methyl sites for hydroxylation is 1. The maximum Gasteiger partial charge on any atom is 0.303 e. The zero-order valence-corrected chi connectivity index (χ0v) is 23.3. The number of hydrogen-bond acceptors (Lipinski definition) is 6. The second-order valence-electron chi connectivity index (χ2n) is 9.06. The van der Waals surface area contributed by atoms with Crippen molar-refractivity contribution in [2.45, 2.75) is 44.1 Å². The first kappa shape index (κ1) is 29.3. The van der Waals surface area contributed by atoms with Crippen LogP contribution in [0.1, 0.15) is 48.4 Å². The zero-order chi connectivity index (χ0) is 29.0. The summed E-state index contributed by atoms with van der Waals surface area (Å²) in [5.74, 6) is -0.863. The van der Waals surface area contributed by atoms with Crippen LogP contribution < -0.4 is 13.8 Å². The molecule has 2 heterocycles. The molecule has 0 radical (unpaired) electrons. The summed E-state index contributed by atoms with van der Waals surface area (Å²) in [5.41, 5.74) is 1.22. The zero-order valence-electron chi connectivity index (χ0n) is 21.7. The van der Waals surface area contributed by atoms with Crippen molar-refractivity contribution in [2.24, 2.45) is 0 Å². The molecule has 1 N–H and O–H groups in total. The maximum absolute atomic E-state index is 14.1. The largest absolute Gasteiger partial charge is 0.486 e. The van der Waals surface area contributed by atoms with E-state index in [0.717, 1.165) is 4.31 Å². The van der Waals surface area contributed by atoms with Gasteiger partial charge in [-0.1, -0.05) is 42.0 Å². The van der Waals surface area contributed by atoms with Crippen LogP contribution in [0.25, 0.3) is 12.2 Å². The number of pyridine rings is 1. The van der Waals surface area contributed by atoms with Gasteiger partial charge in [0.1, 0.15) is 16.7 Å². The molecule has 0 saturated heterocycles. The highest BCUT2D eigenvalue weighted by Gasteiger charge is 2.37. The molecule has 3 aromatic rings. The summed E-state index contributed by atoms with van der Waals surface area (Å²) in [6.07, 6.45) is 0.893. The number of alkyl halides is 2. The lowest BCUT2D eigenvalue weighted by Crippen LogP contribution is -2.44. The van der Waals surface area contributed by atoms with Gasteiger partial charge in [-0.3, -0.25) is 9.10 Å². The Morgan fingerprint density at radius 2 is 2.05 bits per heavy atom. The lowest BCUT2D eigenvalue weighted by atomic mass is 10.0. The van der Waals surface area contributed by atoms with E-state index in [1.165, 1.54) is 36.5 Å². The number of aromatic nitrogens is 1. The first-order valence-corrected chi connectivity index (χ1v) is 14.2. The molecule has 2 aromatic carbocycles. The molecule has 8 nitrogen and oxygen atoms in total. The molecule has 1 aromatic heterocycles. The molecule has 0 unspecified atom stereocenters. The number of fused-ring (bicyclic) bond motifs is 1. The molecule has 0 fully saturated rings. The van der Waals surface area contributed by atoms with Gasteiger partial charge in [-0.25, -0.2) is 22.2 Å². The van der Waals surface area contributed by atoms with Crippen molar-refractivity contribution in [2.75, 3.05) is 17.5 Å². The predicted molar refractivity (Wildman–Crippen MR) is 148 cm³/mol. The van der Waals surface area contributed by atoms with Crippen LogP contribution in [0, 0.1) is 6.92 Å². The van der Waals surface area contributed by atoms with Crippen LogP contribution in [-0.4, -0.2) is 43.7 Å². The number of halogens is 3. The topological polar surface area (TPSA) is 106 Å². The Bertz CT molecular complexity index is 1550. The summed E-state index contributed by atoms with van der Waals surface area (Å²) in [6.45, 7) is 3.45. The molecule has 212 valence electrons. The minimum Gasteiger partial charge on any atom is -0.486 e. The van der Waals surface area contributed by atoms with E-state index in [9.17, 15) is 22.0 Å². The summed E-state index contributed by atoms with van der Waals surface area (Å²) in [7, 11) is -4.26. The molecule has 12 heteroatoms. The Labute approximate surface area is 235 Å². The fraction of sp³-hybridized carbons (Fsp3) is 0.286. The molecule has 0 aliphatic carbocycles. The van der Waals surface area contributed by atoms with E-state index in [4.69, 9.17) is 26.2 Å². The minimum absolute atomic E-state index is 0.0578. The second-order valence-corrected chi connectivity index (χ2v) is 11.3. The monoisotopic (exact) mass is 592 g/mol. The maximum atomic E-state index is 14.1. The van der Waals surface area contributed by atoms with Crippen LogP contribution in [0.2, 0.25) is 5.02 Å². The Morgan fingerprint density at radius 3 is 2.75 bits per heavy atom. The molecular weight excluding hydrogens is 566 g/mol. The van der Waals surface area contributed by atoms with Crippen molar-refractivity contribution < 1.29 is 36.6 Å². The number of benzene rings is 2. The Balaban J connectivity index is 1.79. The summed E-state index contributed by atoms with van der Waals surface area (Å²) in [6, 6.07) is 10.4. The van der Waals surface area contributed by atoms with E-state index < -0.39 is 28.5 Å². The average Bonchev–Trinajstić information content (AvgIpc) is 2.91. The van der Waals surface area contributed by atoms with Gasteiger partial charge < -0.3 is 14.6 Å². The number of carbonyl (C=O) groups is 1.